The first-order valence-corrected chi connectivity index (χ1v) is 8.96. The van der Waals surface area contributed by atoms with E-state index in [0.29, 0.717) is 18.7 Å². The van der Waals surface area contributed by atoms with Crippen molar-refractivity contribution < 1.29 is 4.74 Å². The van der Waals surface area contributed by atoms with E-state index >= 15 is 0 Å². The van der Waals surface area contributed by atoms with Gasteiger partial charge in [0.05, 0.1) is 17.8 Å². The Morgan fingerprint density at radius 1 is 1.36 bits per heavy atom. The van der Waals surface area contributed by atoms with E-state index < -0.39 is 0 Å². The summed E-state index contributed by atoms with van der Waals surface area (Å²) in [4.78, 5) is 7.00. The minimum Gasteiger partial charge on any atom is -0.488 e. The highest BCUT2D eigenvalue weighted by molar-refractivity contribution is 5.43. The van der Waals surface area contributed by atoms with E-state index in [9.17, 15) is 0 Å². The van der Waals surface area contributed by atoms with Gasteiger partial charge in [-0.3, -0.25) is 0 Å². The van der Waals surface area contributed by atoms with Gasteiger partial charge in [0.2, 0.25) is 0 Å². The SMILES string of the molecule is CC1=CNC(C)c2nc(CCC3C=CC4=C(N[C@H](C)CO4)N3C)nn21. The summed E-state index contributed by atoms with van der Waals surface area (Å²) in [5.74, 6) is 3.91. The Hall–Kier alpha value is -2.44. The third kappa shape index (κ3) is 2.88. The van der Waals surface area contributed by atoms with Gasteiger partial charge in [0.15, 0.2) is 17.4 Å². The van der Waals surface area contributed by atoms with Crippen LogP contribution >= 0.6 is 0 Å². The number of fused-ring (bicyclic) bond motifs is 1. The molecule has 3 atom stereocenters. The van der Waals surface area contributed by atoms with Crippen molar-refractivity contribution >= 4 is 5.70 Å². The predicted octanol–water partition coefficient (Wildman–Crippen LogP) is 1.74. The normalized spacial score (nSPS) is 27.8. The first-order chi connectivity index (χ1) is 12.0. The summed E-state index contributed by atoms with van der Waals surface area (Å²) in [5, 5.41) is 11.5. The standard InChI is InChI=1S/C18H26N6O/c1-11-10-25-15-7-5-14(23(4)18(15)20-11)6-8-16-21-17-13(3)19-9-12(2)24(17)22-16/h5,7,9,11,13-14,19-20H,6,8,10H2,1-4H3/t11-,13?,14?/m1/s1. The van der Waals surface area contributed by atoms with Crippen LogP contribution in [0.3, 0.4) is 0 Å². The fraction of sp³-hybridized carbons (Fsp3) is 0.556. The summed E-state index contributed by atoms with van der Waals surface area (Å²) in [6, 6.07) is 0.839. The molecule has 0 amide bonds. The smallest absolute Gasteiger partial charge is 0.159 e. The minimum atomic E-state index is 0.194. The summed E-state index contributed by atoms with van der Waals surface area (Å²) in [6.45, 7) is 7.00. The quantitative estimate of drug-likeness (QED) is 0.872. The number of aryl methyl sites for hydroxylation is 1. The molecule has 0 spiro atoms. The van der Waals surface area contributed by atoms with E-state index in [1.54, 1.807) is 0 Å². The third-order valence-corrected chi connectivity index (χ3v) is 5.03. The van der Waals surface area contributed by atoms with Crippen LogP contribution in [0.2, 0.25) is 0 Å². The molecule has 4 rings (SSSR count). The van der Waals surface area contributed by atoms with E-state index in [-0.39, 0.29) is 6.04 Å². The van der Waals surface area contributed by atoms with Crippen molar-refractivity contribution in [1.82, 2.24) is 30.3 Å². The Morgan fingerprint density at radius 2 is 2.20 bits per heavy atom. The Kier molecular flexibility index (Phi) is 3.94. The summed E-state index contributed by atoms with van der Waals surface area (Å²) >= 11 is 0. The molecule has 2 unspecified atom stereocenters. The Bertz CT molecular complexity index is 762. The molecule has 134 valence electrons. The average Bonchev–Trinajstić information content (AvgIpc) is 3.04. The fourth-order valence-corrected chi connectivity index (χ4v) is 3.49. The van der Waals surface area contributed by atoms with Crippen molar-refractivity contribution in [3.8, 4) is 0 Å². The molecule has 0 radical (unpaired) electrons. The maximum absolute atomic E-state index is 5.80. The van der Waals surface area contributed by atoms with Crippen LogP contribution in [-0.2, 0) is 11.2 Å². The van der Waals surface area contributed by atoms with Crippen molar-refractivity contribution in [2.45, 2.75) is 51.7 Å². The number of nitrogens with one attached hydrogen (secondary N) is 2. The van der Waals surface area contributed by atoms with E-state index in [1.165, 1.54) is 0 Å². The van der Waals surface area contributed by atoms with Crippen LogP contribution in [0.5, 0.6) is 0 Å². The number of rotatable bonds is 3. The van der Waals surface area contributed by atoms with E-state index in [2.05, 4.69) is 53.7 Å². The van der Waals surface area contributed by atoms with Crippen molar-refractivity contribution in [3.05, 3.63) is 41.6 Å². The minimum absolute atomic E-state index is 0.194. The van der Waals surface area contributed by atoms with Crippen molar-refractivity contribution in [2.75, 3.05) is 13.7 Å². The molecule has 4 heterocycles. The number of hydrogen-bond donors (Lipinski definition) is 2. The molecule has 0 aliphatic carbocycles. The second-order valence-corrected chi connectivity index (χ2v) is 7.12. The van der Waals surface area contributed by atoms with Gasteiger partial charge in [-0.25, -0.2) is 9.67 Å². The lowest BCUT2D eigenvalue weighted by molar-refractivity contribution is 0.136. The molecule has 0 saturated heterocycles. The van der Waals surface area contributed by atoms with Gasteiger partial charge in [0.1, 0.15) is 12.4 Å². The lowest BCUT2D eigenvalue weighted by Crippen LogP contribution is -2.46. The maximum Gasteiger partial charge on any atom is 0.159 e. The van der Waals surface area contributed by atoms with Crippen molar-refractivity contribution in [3.63, 3.8) is 0 Å². The fourth-order valence-electron chi connectivity index (χ4n) is 3.49. The Morgan fingerprint density at radius 3 is 3.00 bits per heavy atom. The summed E-state index contributed by atoms with van der Waals surface area (Å²) < 4.78 is 7.76. The molecule has 0 aromatic carbocycles. The largest absolute Gasteiger partial charge is 0.488 e. The monoisotopic (exact) mass is 342 g/mol. The molecule has 3 aliphatic rings. The maximum atomic E-state index is 5.80. The van der Waals surface area contributed by atoms with Crippen LogP contribution in [0, 0.1) is 0 Å². The second-order valence-electron chi connectivity index (χ2n) is 7.12. The van der Waals surface area contributed by atoms with Crippen LogP contribution < -0.4 is 10.6 Å². The Labute approximate surface area is 148 Å². The van der Waals surface area contributed by atoms with Crippen molar-refractivity contribution in [2.24, 2.45) is 0 Å². The van der Waals surface area contributed by atoms with Gasteiger partial charge in [0, 0.05) is 25.7 Å². The van der Waals surface area contributed by atoms with Gasteiger partial charge in [-0.15, -0.1) is 0 Å². The van der Waals surface area contributed by atoms with Crippen LogP contribution in [0.1, 0.15) is 44.9 Å². The van der Waals surface area contributed by atoms with E-state index in [4.69, 9.17) is 9.72 Å². The molecule has 0 bridgehead atoms. The van der Waals surface area contributed by atoms with Crippen LogP contribution in [-0.4, -0.2) is 45.4 Å². The number of allylic oxidation sites excluding steroid dienone is 2. The number of aromatic nitrogens is 3. The van der Waals surface area contributed by atoms with Gasteiger partial charge in [0.25, 0.3) is 0 Å². The summed E-state index contributed by atoms with van der Waals surface area (Å²) in [5.41, 5.74) is 1.08. The highest BCUT2D eigenvalue weighted by Crippen LogP contribution is 2.25. The van der Waals surface area contributed by atoms with Crippen LogP contribution in [0.15, 0.2) is 29.9 Å². The Balaban J connectivity index is 1.45. The van der Waals surface area contributed by atoms with Crippen LogP contribution in [0.4, 0.5) is 0 Å². The molecular formula is C18H26N6O. The van der Waals surface area contributed by atoms with Gasteiger partial charge in [-0.2, -0.15) is 5.10 Å². The summed E-state index contributed by atoms with van der Waals surface area (Å²) in [6.07, 6.45) is 8.11. The lowest BCUT2D eigenvalue weighted by atomic mass is 10.1. The van der Waals surface area contributed by atoms with Gasteiger partial charge in [-0.05, 0) is 33.3 Å². The molecule has 1 aromatic rings. The molecule has 2 N–H and O–H groups in total. The highest BCUT2D eigenvalue weighted by atomic mass is 16.5. The number of nitrogens with zero attached hydrogens (tertiary/aromatic N) is 4. The number of hydrogen-bond acceptors (Lipinski definition) is 6. The average molecular weight is 342 g/mol. The van der Waals surface area contributed by atoms with E-state index in [1.807, 2.05) is 17.8 Å². The zero-order valence-corrected chi connectivity index (χ0v) is 15.3. The number of ether oxygens (including phenoxy) is 1. The molecule has 0 saturated carbocycles. The molecule has 25 heavy (non-hydrogen) atoms. The molecule has 7 heteroatoms. The van der Waals surface area contributed by atoms with E-state index in [0.717, 1.165) is 41.8 Å². The lowest BCUT2D eigenvalue weighted by Gasteiger charge is -2.38. The molecule has 3 aliphatic heterocycles. The zero-order chi connectivity index (χ0) is 17.6. The molecule has 1 aromatic heterocycles. The van der Waals surface area contributed by atoms with Gasteiger partial charge < -0.3 is 20.3 Å². The van der Waals surface area contributed by atoms with Gasteiger partial charge >= 0.3 is 0 Å². The first kappa shape index (κ1) is 16.1. The first-order valence-electron chi connectivity index (χ1n) is 8.96. The van der Waals surface area contributed by atoms with Crippen LogP contribution in [0.25, 0.3) is 5.70 Å². The molecule has 0 fully saturated rings. The highest BCUT2D eigenvalue weighted by Gasteiger charge is 2.28. The topological polar surface area (TPSA) is 67.2 Å². The zero-order valence-electron chi connectivity index (χ0n) is 15.3. The summed E-state index contributed by atoms with van der Waals surface area (Å²) in [7, 11) is 2.11. The third-order valence-electron chi connectivity index (χ3n) is 5.03. The predicted molar refractivity (Wildman–Crippen MR) is 96.1 cm³/mol. The van der Waals surface area contributed by atoms with Crippen molar-refractivity contribution in [1.29, 1.82) is 0 Å². The molecular weight excluding hydrogens is 316 g/mol. The molecule has 7 nitrogen and oxygen atoms in total. The van der Waals surface area contributed by atoms with Gasteiger partial charge in [-0.1, -0.05) is 6.08 Å². The number of likely N-dealkylation sites (N-methyl/N-ethyl adjacent to an activating group) is 1. The second kappa shape index (κ2) is 6.13.